The van der Waals surface area contributed by atoms with Crippen molar-refractivity contribution in [3.8, 4) is 0 Å². The van der Waals surface area contributed by atoms with E-state index in [-0.39, 0.29) is 18.8 Å². The maximum atomic E-state index is 11.6. The lowest BCUT2D eigenvalue weighted by Crippen LogP contribution is -2.37. The van der Waals surface area contributed by atoms with Crippen LogP contribution in [0, 0.1) is 0 Å². The number of hydrogen-bond acceptors (Lipinski definition) is 3. The molecule has 0 aromatic rings. The summed E-state index contributed by atoms with van der Waals surface area (Å²) in [7, 11) is -1.28. The van der Waals surface area contributed by atoms with E-state index in [1.807, 2.05) is 0 Å². The number of nitrogens with one attached hydrogen (secondary N) is 1. The zero-order chi connectivity index (χ0) is 11.3. The largest absolute Gasteiger partial charge is 0.480 e. The van der Waals surface area contributed by atoms with Crippen molar-refractivity contribution in [1.82, 2.24) is 9.99 Å². The molecule has 0 bridgehead atoms. The molecule has 1 atom stereocenters. The SMILES string of the molecule is O=[PH2]NC1=CC=CCN(CC(=O)O)C1=O. The van der Waals surface area contributed by atoms with Crippen molar-refractivity contribution < 1.29 is 19.3 Å². The zero-order valence-corrected chi connectivity index (χ0v) is 9.00. The van der Waals surface area contributed by atoms with Crippen molar-refractivity contribution in [3.05, 3.63) is 23.9 Å². The summed E-state index contributed by atoms with van der Waals surface area (Å²) in [5.41, 5.74) is 0.162. The molecule has 0 radical (unpaired) electrons. The number of hydrogen-bond donors (Lipinski definition) is 2. The minimum Gasteiger partial charge on any atom is -0.480 e. The van der Waals surface area contributed by atoms with Gasteiger partial charge in [-0.15, -0.1) is 0 Å². The summed E-state index contributed by atoms with van der Waals surface area (Å²) >= 11 is 0. The third-order valence-corrected chi connectivity index (χ3v) is 2.21. The Morgan fingerprint density at radius 2 is 2.40 bits per heavy atom. The molecule has 1 amide bonds. The number of carboxylic acid groups (broad SMARTS) is 1. The number of carbonyl (C=O) groups is 2. The molecule has 2 N–H and O–H groups in total. The molecular weight excluding hydrogens is 219 g/mol. The quantitative estimate of drug-likeness (QED) is 0.642. The second-order valence-electron chi connectivity index (χ2n) is 2.85. The Balaban J connectivity index is 2.80. The van der Waals surface area contributed by atoms with E-state index < -0.39 is 20.5 Å². The molecule has 6 nitrogen and oxygen atoms in total. The second-order valence-corrected chi connectivity index (χ2v) is 3.37. The summed E-state index contributed by atoms with van der Waals surface area (Å²) in [6.07, 6.45) is 4.77. The van der Waals surface area contributed by atoms with E-state index >= 15 is 0 Å². The molecule has 1 heterocycles. The minimum absolute atomic E-state index is 0.162. The molecular formula is C8H11N2O4P. The highest BCUT2D eigenvalue weighted by Crippen LogP contribution is 2.06. The Labute approximate surface area is 87.5 Å². The van der Waals surface area contributed by atoms with Crippen molar-refractivity contribution in [2.24, 2.45) is 0 Å². The van der Waals surface area contributed by atoms with Crippen LogP contribution in [0.25, 0.3) is 0 Å². The van der Waals surface area contributed by atoms with E-state index in [2.05, 4.69) is 5.09 Å². The molecule has 0 fully saturated rings. The molecule has 1 unspecified atom stereocenters. The molecule has 7 heteroatoms. The predicted octanol–water partition coefficient (Wildman–Crippen LogP) is -0.386. The van der Waals surface area contributed by atoms with Gasteiger partial charge in [0.25, 0.3) is 5.91 Å². The number of carboxylic acids is 1. The number of allylic oxidation sites excluding steroid dienone is 2. The van der Waals surface area contributed by atoms with Gasteiger partial charge in [-0.2, -0.15) is 0 Å². The molecule has 0 aliphatic carbocycles. The van der Waals surface area contributed by atoms with Gasteiger partial charge in [-0.05, 0) is 6.08 Å². The van der Waals surface area contributed by atoms with Crippen LogP contribution in [0.2, 0.25) is 0 Å². The molecule has 15 heavy (non-hydrogen) atoms. The van der Waals surface area contributed by atoms with Gasteiger partial charge in [0.1, 0.15) is 20.9 Å². The smallest absolute Gasteiger partial charge is 0.323 e. The van der Waals surface area contributed by atoms with Gasteiger partial charge in [0.05, 0.1) is 0 Å². The summed E-state index contributed by atoms with van der Waals surface area (Å²) in [4.78, 5) is 23.3. The highest BCUT2D eigenvalue weighted by Gasteiger charge is 2.20. The molecule has 82 valence electrons. The first-order valence-electron chi connectivity index (χ1n) is 4.23. The fourth-order valence-corrected chi connectivity index (χ4v) is 1.50. The predicted molar refractivity (Wildman–Crippen MR) is 55.0 cm³/mol. The summed E-state index contributed by atoms with van der Waals surface area (Å²) in [6.45, 7) is -0.128. The molecule has 1 aliphatic rings. The van der Waals surface area contributed by atoms with Crippen molar-refractivity contribution in [3.63, 3.8) is 0 Å². The third-order valence-electron chi connectivity index (χ3n) is 1.78. The van der Waals surface area contributed by atoms with Crippen molar-refractivity contribution in [2.45, 2.75) is 0 Å². The van der Waals surface area contributed by atoms with Crippen molar-refractivity contribution >= 4 is 20.5 Å². The molecule has 0 aromatic carbocycles. The normalized spacial score (nSPS) is 16.7. The standard InChI is InChI=1S/C8H11N2O4P/c11-7(12)5-10-4-2-1-3-6(8(10)13)9-15-14/h1-3H,4-5,15H2,(H,9,14)(H,11,12). The molecule has 0 spiro atoms. The Morgan fingerprint density at radius 1 is 1.67 bits per heavy atom. The number of amides is 1. The molecule has 0 aromatic heterocycles. The first-order valence-corrected chi connectivity index (χ1v) is 5.28. The van der Waals surface area contributed by atoms with Gasteiger partial charge in [-0.3, -0.25) is 9.59 Å². The molecule has 1 rings (SSSR count). The van der Waals surface area contributed by atoms with Crippen LogP contribution in [-0.4, -0.2) is 35.0 Å². The fraction of sp³-hybridized carbons (Fsp3) is 0.250. The van der Waals surface area contributed by atoms with Gasteiger partial charge in [0, 0.05) is 6.54 Å². The summed E-state index contributed by atoms with van der Waals surface area (Å²) < 4.78 is 10.4. The topological polar surface area (TPSA) is 86.7 Å². The number of aliphatic carboxylic acids is 1. The number of carbonyl (C=O) groups excluding carboxylic acids is 1. The van der Waals surface area contributed by atoms with Crippen LogP contribution in [0.3, 0.4) is 0 Å². The highest BCUT2D eigenvalue weighted by molar-refractivity contribution is 7.21. The van der Waals surface area contributed by atoms with E-state index in [4.69, 9.17) is 5.11 Å². The van der Waals surface area contributed by atoms with Crippen molar-refractivity contribution in [2.75, 3.05) is 13.1 Å². The van der Waals surface area contributed by atoms with E-state index in [9.17, 15) is 14.2 Å². The average Bonchev–Trinajstić information content (AvgIpc) is 2.33. The van der Waals surface area contributed by atoms with Gasteiger partial charge in [-0.25, -0.2) is 0 Å². The Hall–Kier alpha value is -1.55. The summed E-state index contributed by atoms with van der Waals surface area (Å²) in [5, 5.41) is 11.0. The lowest BCUT2D eigenvalue weighted by atomic mass is 10.3. The first-order chi connectivity index (χ1) is 7.15. The monoisotopic (exact) mass is 230 g/mol. The maximum absolute atomic E-state index is 11.6. The van der Waals surface area contributed by atoms with Crippen LogP contribution < -0.4 is 5.09 Å². The van der Waals surface area contributed by atoms with Gasteiger partial charge < -0.3 is 19.7 Å². The van der Waals surface area contributed by atoms with Crippen LogP contribution in [0.5, 0.6) is 0 Å². The van der Waals surface area contributed by atoms with Crippen LogP contribution >= 0.6 is 8.61 Å². The maximum Gasteiger partial charge on any atom is 0.323 e. The summed E-state index contributed by atoms with van der Waals surface area (Å²) in [5.74, 6) is -1.53. The Bertz CT molecular complexity index is 351. The van der Waals surface area contributed by atoms with Crippen LogP contribution in [0.4, 0.5) is 0 Å². The number of rotatable bonds is 4. The van der Waals surface area contributed by atoms with Gasteiger partial charge >= 0.3 is 5.97 Å². The zero-order valence-electron chi connectivity index (χ0n) is 7.84. The van der Waals surface area contributed by atoms with Gasteiger partial charge in [-0.1, -0.05) is 12.2 Å². The fourth-order valence-electron chi connectivity index (χ4n) is 1.15. The number of nitrogens with zero attached hydrogens (tertiary/aromatic N) is 1. The van der Waals surface area contributed by atoms with E-state index in [1.165, 1.54) is 6.08 Å². The average molecular weight is 230 g/mol. The lowest BCUT2D eigenvalue weighted by Gasteiger charge is -2.18. The van der Waals surface area contributed by atoms with Gasteiger partial charge in [0.15, 0.2) is 0 Å². The Kier molecular flexibility index (Phi) is 4.12. The van der Waals surface area contributed by atoms with Crippen LogP contribution in [0.1, 0.15) is 0 Å². The molecule has 0 saturated heterocycles. The van der Waals surface area contributed by atoms with Gasteiger partial charge in [0.2, 0.25) is 0 Å². The molecule has 1 aliphatic heterocycles. The van der Waals surface area contributed by atoms with Crippen LogP contribution in [0.15, 0.2) is 23.9 Å². The van der Waals surface area contributed by atoms with Crippen LogP contribution in [-0.2, 0) is 14.2 Å². The van der Waals surface area contributed by atoms with E-state index in [0.717, 1.165) is 4.90 Å². The third kappa shape index (κ3) is 3.25. The lowest BCUT2D eigenvalue weighted by molar-refractivity contribution is -0.142. The highest BCUT2D eigenvalue weighted by atomic mass is 31.1. The van der Waals surface area contributed by atoms with E-state index in [1.54, 1.807) is 12.2 Å². The minimum atomic E-state index is -1.28. The first kappa shape index (κ1) is 11.5. The Morgan fingerprint density at radius 3 is 3.00 bits per heavy atom. The summed E-state index contributed by atoms with van der Waals surface area (Å²) in [6, 6.07) is 0. The van der Waals surface area contributed by atoms with Crippen molar-refractivity contribution in [1.29, 1.82) is 0 Å². The molecule has 0 saturated carbocycles. The second kappa shape index (κ2) is 5.36. The van der Waals surface area contributed by atoms with E-state index in [0.29, 0.717) is 0 Å².